The number of rotatable bonds is 11. The molecule has 0 spiro atoms. The van der Waals surface area contributed by atoms with Crippen LogP contribution in [0.3, 0.4) is 0 Å². The van der Waals surface area contributed by atoms with E-state index in [9.17, 15) is 19.8 Å². The van der Waals surface area contributed by atoms with Gasteiger partial charge in [-0.05, 0) is 62.7 Å². The fraction of sp³-hybridized carbons (Fsp3) is 0.760. The highest BCUT2D eigenvalue weighted by molar-refractivity contribution is 5.76. The van der Waals surface area contributed by atoms with Crippen LogP contribution in [0, 0.1) is 23.7 Å². The second kappa shape index (κ2) is 11.8. The van der Waals surface area contributed by atoms with E-state index in [1.165, 1.54) is 25.5 Å². The van der Waals surface area contributed by atoms with Crippen LogP contribution in [-0.4, -0.2) is 48.0 Å². The summed E-state index contributed by atoms with van der Waals surface area (Å²) in [6.07, 6.45) is 15.7. The number of carbonyl (C=O) groups excluding carboxylic acids is 2. The molecule has 2 saturated carbocycles. The lowest BCUT2D eigenvalue weighted by atomic mass is 9.88. The SMILES string of the molecule is COC(=O)CCNC(=O)CCCCC1=C[C@H]2C[C@@H](O)[C@H](/C=C/[C@@H](O)C3CCCC3)[C@H]2C1. The van der Waals surface area contributed by atoms with Gasteiger partial charge in [0.2, 0.25) is 5.91 Å². The molecule has 3 aliphatic carbocycles. The molecule has 3 N–H and O–H groups in total. The molecule has 0 unspecified atom stereocenters. The number of aliphatic hydroxyl groups is 2. The lowest BCUT2D eigenvalue weighted by Gasteiger charge is -2.20. The van der Waals surface area contributed by atoms with E-state index < -0.39 is 0 Å². The fourth-order valence-corrected chi connectivity index (χ4v) is 5.62. The summed E-state index contributed by atoms with van der Waals surface area (Å²) in [5.41, 5.74) is 1.45. The predicted molar refractivity (Wildman–Crippen MR) is 119 cm³/mol. The molecule has 2 fully saturated rings. The van der Waals surface area contributed by atoms with Gasteiger partial charge in [-0.2, -0.15) is 0 Å². The zero-order valence-corrected chi connectivity index (χ0v) is 18.8. The standard InChI is InChI=1S/C25H39NO5/c1-31-25(30)12-13-26-24(29)9-5-2-6-17-14-19-16-23(28)20(21(19)15-17)10-11-22(27)18-7-3-4-8-18/h10-11,14,18-23,27-28H,2-9,12-13,15-16H2,1H3,(H,26,29)/b11-10+/t19-,20+,21-,22+,23+/m0/s1. The van der Waals surface area contributed by atoms with Gasteiger partial charge in [0.1, 0.15) is 0 Å². The summed E-state index contributed by atoms with van der Waals surface area (Å²) in [6, 6.07) is 0. The Morgan fingerprint density at radius 1 is 1.26 bits per heavy atom. The van der Waals surface area contributed by atoms with E-state index >= 15 is 0 Å². The van der Waals surface area contributed by atoms with Crippen molar-refractivity contribution in [3.63, 3.8) is 0 Å². The number of esters is 1. The molecule has 6 heteroatoms. The van der Waals surface area contributed by atoms with E-state index in [1.54, 1.807) is 0 Å². The highest BCUT2D eigenvalue weighted by atomic mass is 16.5. The maximum atomic E-state index is 11.8. The number of aliphatic hydroxyl groups excluding tert-OH is 2. The Bertz CT molecular complexity index is 667. The van der Waals surface area contributed by atoms with Gasteiger partial charge in [-0.15, -0.1) is 0 Å². The minimum atomic E-state index is -0.374. The number of carbonyl (C=O) groups is 2. The van der Waals surface area contributed by atoms with Crippen molar-refractivity contribution in [2.45, 2.75) is 82.8 Å². The summed E-state index contributed by atoms with van der Waals surface area (Å²) in [6.45, 7) is 0.326. The number of allylic oxidation sites excluding steroid dienone is 2. The first-order valence-electron chi connectivity index (χ1n) is 12.1. The summed E-state index contributed by atoms with van der Waals surface area (Å²) < 4.78 is 4.55. The van der Waals surface area contributed by atoms with Crippen LogP contribution in [0.4, 0.5) is 0 Å². The number of amides is 1. The maximum absolute atomic E-state index is 11.8. The minimum absolute atomic E-state index is 0.0182. The monoisotopic (exact) mass is 433 g/mol. The number of nitrogens with one attached hydrogen (secondary N) is 1. The summed E-state index contributed by atoms with van der Waals surface area (Å²) >= 11 is 0. The van der Waals surface area contributed by atoms with Crippen molar-refractivity contribution in [1.29, 1.82) is 0 Å². The number of hydrogen-bond acceptors (Lipinski definition) is 5. The van der Waals surface area contributed by atoms with E-state index in [0.29, 0.717) is 30.7 Å². The molecule has 0 aliphatic heterocycles. The van der Waals surface area contributed by atoms with E-state index in [0.717, 1.165) is 44.9 Å². The molecule has 6 nitrogen and oxygen atoms in total. The van der Waals surface area contributed by atoms with Crippen LogP contribution in [-0.2, 0) is 14.3 Å². The maximum Gasteiger partial charge on any atom is 0.307 e. The molecule has 0 radical (unpaired) electrons. The van der Waals surface area contributed by atoms with Gasteiger partial charge in [-0.1, -0.05) is 36.6 Å². The third kappa shape index (κ3) is 6.91. The zero-order valence-electron chi connectivity index (χ0n) is 18.8. The van der Waals surface area contributed by atoms with Crippen LogP contribution in [0.2, 0.25) is 0 Å². The molecule has 1 amide bonds. The van der Waals surface area contributed by atoms with Crippen molar-refractivity contribution in [1.82, 2.24) is 5.32 Å². The Hall–Kier alpha value is -1.66. The first-order chi connectivity index (χ1) is 15.0. The van der Waals surface area contributed by atoms with Gasteiger partial charge in [-0.25, -0.2) is 0 Å². The first kappa shape index (κ1) is 24.0. The Kier molecular flexibility index (Phi) is 9.15. The highest BCUT2D eigenvalue weighted by Crippen LogP contribution is 2.48. The fourth-order valence-electron chi connectivity index (χ4n) is 5.62. The third-order valence-electron chi connectivity index (χ3n) is 7.39. The van der Waals surface area contributed by atoms with Gasteiger partial charge in [0.25, 0.3) is 0 Å². The van der Waals surface area contributed by atoms with Crippen molar-refractivity contribution in [3.05, 3.63) is 23.8 Å². The van der Waals surface area contributed by atoms with Crippen LogP contribution in [0.1, 0.15) is 70.6 Å². The minimum Gasteiger partial charge on any atom is -0.469 e. The molecule has 3 rings (SSSR count). The molecule has 5 atom stereocenters. The van der Waals surface area contributed by atoms with Gasteiger partial charge in [0.05, 0.1) is 25.7 Å². The smallest absolute Gasteiger partial charge is 0.307 e. The second-order valence-corrected chi connectivity index (χ2v) is 9.54. The normalized spacial score (nSPS) is 29.2. The summed E-state index contributed by atoms with van der Waals surface area (Å²) in [5.74, 6) is 1.07. The largest absolute Gasteiger partial charge is 0.469 e. The van der Waals surface area contributed by atoms with Crippen LogP contribution < -0.4 is 5.32 Å². The van der Waals surface area contributed by atoms with E-state index in [2.05, 4.69) is 22.2 Å². The quantitative estimate of drug-likeness (QED) is 0.264. The Morgan fingerprint density at radius 2 is 2.03 bits per heavy atom. The van der Waals surface area contributed by atoms with Gasteiger partial charge < -0.3 is 20.3 Å². The van der Waals surface area contributed by atoms with Crippen molar-refractivity contribution >= 4 is 11.9 Å². The zero-order chi connectivity index (χ0) is 22.2. The average Bonchev–Trinajstić information content (AvgIpc) is 3.46. The van der Waals surface area contributed by atoms with Crippen LogP contribution in [0.15, 0.2) is 23.8 Å². The number of methoxy groups -OCH3 is 1. The van der Waals surface area contributed by atoms with Crippen molar-refractivity contribution < 1.29 is 24.5 Å². The van der Waals surface area contributed by atoms with Crippen LogP contribution >= 0.6 is 0 Å². The van der Waals surface area contributed by atoms with E-state index in [1.807, 2.05) is 6.08 Å². The topological polar surface area (TPSA) is 95.9 Å². The predicted octanol–water partition coefficient (Wildman–Crippen LogP) is 3.28. The Morgan fingerprint density at radius 3 is 2.77 bits per heavy atom. The first-order valence-corrected chi connectivity index (χ1v) is 12.1. The number of unbranched alkanes of at least 4 members (excludes halogenated alkanes) is 1. The van der Waals surface area contributed by atoms with Crippen molar-refractivity contribution in [2.24, 2.45) is 23.7 Å². The third-order valence-corrected chi connectivity index (χ3v) is 7.39. The van der Waals surface area contributed by atoms with Gasteiger partial charge >= 0.3 is 5.97 Å². The van der Waals surface area contributed by atoms with E-state index in [-0.39, 0.29) is 36.4 Å². The van der Waals surface area contributed by atoms with Gasteiger partial charge in [0.15, 0.2) is 0 Å². The molecule has 174 valence electrons. The molecular formula is C25H39NO5. The highest BCUT2D eigenvalue weighted by Gasteiger charge is 2.43. The molecule has 0 aromatic carbocycles. The number of ether oxygens (including phenoxy) is 1. The second-order valence-electron chi connectivity index (χ2n) is 9.54. The van der Waals surface area contributed by atoms with Crippen molar-refractivity contribution in [2.75, 3.05) is 13.7 Å². The molecule has 0 aromatic heterocycles. The van der Waals surface area contributed by atoms with Crippen LogP contribution in [0.5, 0.6) is 0 Å². The molecule has 0 heterocycles. The lowest BCUT2D eigenvalue weighted by Crippen LogP contribution is -2.25. The molecule has 0 bridgehead atoms. The Labute approximate surface area is 186 Å². The van der Waals surface area contributed by atoms with Gasteiger partial charge in [-0.3, -0.25) is 9.59 Å². The lowest BCUT2D eigenvalue weighted by molar-refractivity contribution is -0.140. The van der Waals surface area contributed by atoms with Crippen LogP contribution in [0.25, 0.3) is 0 Å². The number of hydrogen-bond donors (Lipinski definition) is 3. The molecular weight excluding hydrogens is 394 g/mol. The molecule has 0 saturated heterocycles. The van der Waals surface area contributed by atoms with Crippen molar-refractivity contribution in [3.8, 4) is 0 Å². The van der Waals surface area contributed by atoms with Gasteiger partial charge in [0, 0.05) is 18.9 Å². The summed E-state index contributed by atoms with van der Waals surface area (Å²) in [4.78, 5) is 22.9. The molecule has 3 aliphatic rings. The Balaban J connectivity index is 1.35. The van der Waals surface area contributed by atoms with E-state index in [4.69, 9.17) is 0 Å². The molecule has 0 aromatic rings. The number of fused-ring (bicyclic) bond motifs is 1. The molecule has 31 heavy (non-hydrogen) atoms. The average molecular weight is 434 g/mol. The summed E-state index contributed by atoms with van der Waals surface area (Å²) in [5, 5.41) is 23.7. The summed E-state index contributed by atoms with van der Waals surface area (Å²) in [7, 11) is 1.34.